The zero-order valence-electron chi connectivity index (χ0n) is 13.6. The van der Waals surface area contributed by atoms with Crippen LogP contribution < -0.4 is 23.0 Å². The van der Waals surface area contributed by atoms with Crippen molar-refractivity contribution >= 4 is 11.9 Å². The zero-order valence-corrected chi connectivity index (χ0v) is 13.6. The van der Waals surface area contributed by atoms with Gasteiger partial charge in [0.15, 0.2) is 0 Å². The summed E-state index contributed by atoms with van der Waals surface area (Å²) in [4.78, 5) is 22.5. The van der Waals surface area contributed by atoms with Crippen LogP contribution >= 0.6 is 0 Å². The fourth-order valence-electron chi connectivity index (χ4n) is 2.57. The number of hydrogen-bond acceptors (Lipinski definition) is 8. The molecule has 0 saturated heterocycles. The van der Waals surface area contributed by atoms with Crippen molar-refractivity contribution in [3.8, 4) is 0 Å². The van der Waals surface area contributed by atoms with Crippen molar-refractivity contribution in [1.29, 1.82) is 0 Å². The maximum Gasteiger partial charge on any atom is 0.443 e. The summed E-state index contributed by atoms with van der Waals surface area (Å²) < 4.78 is 11.6. The summed E-state index contributed by atoms with van der Waals surface area (Å²) in [6, 6.07) is 0. The van der Waals surface area contributed by atoms with Crippen molar-refractivity contribution in [2.45, 2.75) is 64.5 Å². The maximum absolute atomic E-state index is 11.2. The second-order valence-electron chi connectivity index (χ2n) is 5.75. The highest BCUT2D eigenvalue weighted by molar-refractivity contribution is 5.11. The number of anilines is 2. The van der Waals surface area contributed by atoms with Crippen molar-refractivity contribution in [3.63, 3.8) is 0 Å². The molecule has 4 N–H and O–H groups in total. The number of nitrogens with two attached hydrogens (primary N) is 2. The van der Waals surface area contributed by atoms with Gasteiger partial charge in [-0.05, 0) is 23.2 Å². The van der Waals surface area contributed by atoms with Crippen molar-refractivity contribution in [1.82, 2.24) is 19.4 Å². The third-order valence-electron chi connectivity index (χ3n) is 3.94. The fraction of sp³-hybridized carbons (Fsp3) is 0.714. The van der Waals surface area contributed by atoms with E-state index in [-0.39, 0.29) is 11.9 Å². The molecule has 0 fully saturated rings. The SMILES string of the molecule is Nc1noc(=O)n1CCCCCCCCCCn1c(N)noc1=O. The molecule has 0 saturated carbocycles. The molecule has 2 aromatic rings. The Morgan fingerprint density at radius 1 is 0.667 bits per heavy atom. The lowest BCUT2D eigenvalue weighted by Gasteiger charge is -2.04. The van der Waals surface area contributed by atoms with Gasteiger partial charge in [-0.25, -0.2) is 18.7 Å². The Balaban J connectivity index is 1.46. The smallest absolute Gasteiger partial charge is 0.367 e. The number of nitrogen functional groups attached to an aromatic ring is 2. The minimum atomic E-state index is -0.500. The van der Waals surface area contributed by atoms with E-state index >= 15 is 0 Å². The van der Waals surface area contributed by atoms with Crippen LogP contribution in [0.2, 0.25) is 0 Å². The highest BCUT2D eigenvalue weighted by Crippen LogP contribution is 2.10. The number of rotatable bonds is 11. The Bertz CT molecular complexity index is 666. The van der Waals surface area contributed by atoms with E-state index < -0.39 is 11.5 Å². The molecule has 0 aliphatic heterocycles. The van der Waals surface area contributed by atoms with Gasteiger partial charge >= 0.3 is 11.5 Å². The molecule has 0 unspecified atom stereocenters. The Hall–Kier alpha value is -2.52. The minimum absolute atomic E-state index is 0.132. The van der Waals surface area contributed by atoms with Crippen LogP contribution in [-0.4, -0.2) is 19.4 Å². The van der Waals surface area contributed by atoms with Crippen LogP contribution in [0.1, 0.15) is 51.4 Å². The zero-order chi connectivity index (χ0) is 17.4. The first-order chi connectivity index (χ1) is 11.6. The van der Waals surface area contributed by atoms with E-state index in [1.165, 1.54) is 9.13 Å². The summed E-state index contributed by atoms with van der Waals surface area (Å²) in [5.41, 5.74) is 11.0. The van der Waals surface area contributed by atoms with E-state index in [9.17, 15) is 9.59 Å². The van der Waals surface area contributed by atoms with Crippen LogP contribution in [0.15, 0.2) is 18.6 Å². The van der Waals surface area contributed by atoms with E-state index in [0.717, 1.165) is 51.4 Å². The summed E-state index contributed by atoms with van der Waals surface area (Å²) in [5, 5.41) is 6.83. The molecule has 0 amide bonds. The van der Waals surface area contributed by atoms with Gasteiger partial charge in [0.25, 0.3) is 0 Å². The normalized spacial score (nSPS) is 11.2. The standard InChI is InChI=1S/C14H24N6O4/c15-11-17-23-13(21)19(11)9-7-5-3-1-2-4-6-8-10-20-12(16)18-24-14(20)22/h1-10H2,(H2,15,17)(H2,16,18). The Labute approximate surface area is 138 Å². The van der Waals surface area contributed by atoms with Crippen LogP contribution in [0.5, 0.6) is 0 Å². The van der Waals surface area contributed by atoms with E-state index in [0.29, 0.717) is 13.1 Å². The highest BCUT2D eigenvalue weighted by atomic mass is 16.5. The van der Waals surface area contributed by atoms with E-state index in [1.807, 2.05) is 0 Å². The number of aromatic nitrogens is 4. The summed E-state index contributed by atoms with van der Waals surface area (Å²) in [6.07, 6.45) is 8.32. The number of nitrogens with zero attached hydrogens (tertiary/aromatic N) is 4. The molecule has 10 heteroatoms. The first-order valence-electron chi connectivity index (χ1n) is 8.23. The number of hydrogen-bond donors (Lipinski definition) is 2. The second kappa shape index (κ2) is 8.94. The third kappa shape index (κ3) is 5.00. The summed E-state index contributed by atoms with van der Waals surface area (Å²) in [7, 11) is 0. The maximum atomic E-state index is 11.2. The van der Waals surface area contributed by atoms with Crippen molar-refractivity contribution in [2.24, 2.45) is 0 Å². The average Bonchev–Trinajstić information content (AvgIpc) is 3.05. The summed E-state index contributed by atoms with van der Waals surface area (Å²) >= 11 is 0. The van der Waals surface area contributed by atoms with E-state index in [2.05, 4.69) is 19.4 Å². The molecule has 0 radical (unpaired) electrons. The first-order valence-corrected chi connectivity index (χ1v) is 8.23. The predicted octanol–water partition coefficient (Wildman–Crippen LogP) is 0.971. The van der Waals surface area contributed by atoms with Gasteiger partial charge in [-0.15, -0.1) is 0 Å². The van der Waals surface area contributed by atoms with E-state index in [4.69, 9.17) is 11.5 Å². The lowest BCUT2D eigenvalue weighted by Crippen LogP contribution is -2.16. The van der Waals surface area contributed by atoms with Crippen molar-refractivity contribution < 1.29 is 9.05 Å². The molecule has 134 valence electrons. The van der Waals surface area contributed by atoms with Crippen molar-refractivity contribution in [2.75, 3.05) is 11.5 Å². The minimum Gasteiger partial charge on any atom is -0.367 e. The van der Waals surface area contributed by atoms with E-state index in [1.54, 1.807) is 0 Å². The first kappa shape index (κ1) is 17.8. The molecule has 0 spiro atoms. The van der Waals surface area contributed by atoms with Gasteiger partial charge in [0.05, 0.1) is 0 Å². The summed E-state index contributed by atoms with van der Waals surface area (Å²) in [5.74, 6) is -0.736. The van der Waals surface area contributed by atoms with Crippen LogP contribution in [0.25, 0.3) is 0 Å². The lowest BCUT2D eigenvalue weighted by molar-refractivity contribution is 0.373. The topological polar surface area (TPSA) is 148 Å². The average molecular weight is 340 g/mol. The number of unbranched alkanes of at least 4 members (excludes halogenated alkanes) is 7. The Morgan fingerprint density at radius 2 is 1.00 bits per heavy atom. The van der Waals surface area contributed by atoms with Gasteiger partial charge in [-0.1, -0.05) is 38.5 Å². The molecule has 10 nitrogen and oxygen atoms in total. The molecule has 0 aliphatic carbocycles. The molecule has 2 heterocycles. The molecule has 2 rings (SSSR count). The van der Waals surface area contributed by atoms with Crippen LogP contribution in [0, 0.1) is 0 Å². The second-order valence-corrected chi connectivity index (χ2v) is 5.75. The molecular weight excluding hydrogens is 316 g/mol. The molecular formula is C14H24N6O4. The van der Waals surface area contributed by atoms with Crippen LogP contribution in [0.4, 0.5) is 11.9 Å². The van der Waals surface area contributed by atoms with Gasteiger partial charge < -0.3 is 11.5 Å². The lowest BCUT2D eigenvalue weighted by atomic mass is 10.1. The molecule has 24 heavy (non-hydrogen) atoms. The third-order valence-corrected chi connectivity index (χ3v) is 3.94. The van der Waals surface area contributed by atoms with Gasteiger partial charge in [-0.2, -0.15) is 0 Å². The molecule has 2 aromatic heterocycles. The van der Waals surface area contributed by atoms with Crippen LogP contribution in [-0.2, 0) is 13.1 Å². The summed E-state index contributed by atoms with van der Waals surface area (Å²) in [6.45, 7) is 1.09. The van der Waals surface area contributed by atoms with Gasteiger partial charge in [-0.3, -0.25) is 9.05 Å². The molecule has 0 atom stereocenters. The van der Waals surface area contributed by atoms with Gasteiger partial charge in [0.1, 0.15) is 0 Å². The Kier molecular flexibility index (Phi) is 6.64. The predicted molar refractivity (Wildman–Crippen MR) is 87.3 cm³/mol. The van der Waals surface area contributed by atoms with Gasteiger partial charge in [0, 0.05) is 13.1 Å². The quantitative estimate of drug-likeness (QED) is 0.575. The fourth-order valence-corrected chi connectivity index (χ4v) is 2.57. The monoisotopic (exact) mass is 340 g/mol. The molecule has 0 aromatic carbocycles. The highest BCUT2D eigenvalue weighted by Gasteiger charge is 2.06. The van der Waals surface area contributed by atoms with Gasteiger partial charge in [0.2, 0.25) is 11.9 Å². The van der Waals surface area contributed by atoms with Crippen LogP contribution in [0.3, 0.4) is 0 Å². The Morgan fingerprint density at radius 3 is 1.29 bits per heavy atom. The largest absolute Gasteiger partial charge is 0.443 e. The van der Waals surface area contributed by atoms with Crippen molar-refractivity contribution in [3.05, 3.63) is 21.1 Å². The molecule has 0 bridgehead atoms. The molecule has 0 aliphatic rings.